The molecule has 0 bridgehead atoms. The third-order valence-corrected chi connectivity index (χ3v) is 4.38. The molecule has 0 aliphatic carbocycles. The molecule has 0 fully saturated rings. The van der Waals surface area contributed by atoms with Crippen LogP contribution in [0.4, 0.5) is 0 Å². The Kier molecular flexibility index (Phi) is 7.39. The van der Waals surface area contributed by atoms with Crippen LogP contribution in [-0.2, 0) is 9.53 Å². The second-order valence-electron chi connectivity index (χ2n) is 5.74. The van der Waals surface area contributed by atoms with Gasteiger partial charge in [-0.05, 0) is 18.8 Å². The molecule has 0 saturated heterocycles. The summed E-state index contributed by atoms with van der Waals surface area (Å²) in [5.74, 6) is 0.497. The van der Waals surface area contributed by atoms with Crippen molar-refractivity contribution in [1.29, 1.82) is 0 Å². The van der Waals surface area contributed by atoms with Gasteiger partial charge >= 0.3 is 5.97 Å². The smallest absolute Gasteiger partial charge is 0.330 e. The molecule has 0 aromatic heterocycles. The number of ether oxygens (including phenoxy) is 1. The highest BCUT2D eigenvalue weighted by atomic mass is 28.3. The summed E-state index contributed by atoms with van der Waals surface area (Å²) < 4.78 is 4.93. The lowest BCUT2D eigenvalue weighted by Crippen LogP contribution is -2.22. The van der Waals surface area contributed by atoms with E-state index in [-0.39, 0.29) is 5.97 Å². The zero-order valence-electron chi connectivity index (χ0n) is 11.2. The van der Waals surface area contributed by atoms with E-state index in [2.05, 4.69) is 33.1 Å². The van der Waals surface area contributed by atoms with Gasteiger partial charge in [-0.15, -0.1) is 0 Å². The minimum atomic E-state index is -0.911. The normalized spacial score (nSPS) is 13.2. The van der Waals surface area contributed by atoms with Crippen LogP contribution >= 0.6 is 0 Å². The van der Waals surface area contributed by atoms with Gasteiger partial charge in [0.15, 0.2) is 0 Å². The Morgan fingerprint density at radius 3 is 2.50 bits per heavy atom. The Bertz CT molecular complexity index is 218. The maximum Gasteiger partial charge on any atom is 0.330 e. The van der Waals surface area contributed by atoms with E-state index in [0.717, 1.165) is 18.8 Å². The topological polar surface area (TPSA) is 26.3 Å². The third-order valence-electron chi connectivity index (χ3n) is 2.46. The minimum Gasteiger partial charge on any atom is -0.463 e. The molecule has 0 aromatic rings. The molecule has 16 heavy (non-hydrogen) atoms. The van der Waals surface area contributed by atoms with Gasteiger partial charge in [0.05, 0.1) is 6.61 Å². The van der Waals surface area contributed by atoms with E-state index in [9.17, 15) is 4.79 Å². The first-order valence-corrected chi connectivity index (χ1v) is 9.85. The molecule has 3 heteroatoms. The van der Waals surface area contributed by atoms with Gasteiger partial charge in [0.25, 0.3) is 0 Å². The maximum absolute atomic E-state index is 10.8. The molecular formula is C13H26O2Si. The van der Waals surface area contributed by atoms with E-state index in [1.807, 2.05) is 0 Å². The predicted octanol–water partition coefficient (Wildman–Crippen LogP) is 3.86. The summed E-state index contributed by atoms with van der Waals surface area (Å²) in [6, 6.07) is 1.39. The SMILES string of the molecule is C=CC(=O)OCCCCC(C)C[Si](C)(C)C. The Labute approximate surface area is 101 Å². The molecule has 0 rings (SSSR count). The molecule has 0 saturated carbocycles. The van der Waals surface area contributed by atoms with Gasteiger partial charge in [0.2, 0.25) is 0 Å². The number of rotatable bonds is 8. The van der Waals surface area contributed by atoms with Crippen LogP contribution in [0.3, 0.4) is 0 Å². The minimum absolute atomic E-state index is 0.310. The Morgan fingerprint density at radius 1 is 1.38 bits per heavy atom. The largest absolute Gasteiger partial charge is 0.463 e. The van der Waals surface area contributed by atoms with E-state index in [0.29, 0.717) is 6.61 Å². The van der Waals surface area contributed by atoms with E-state index < -0.39 is 8.07 Å². The number of unbranched alkanes of at least 4 members (excludes halogenated alkanes) is 1. The average Bonchev–Trinajstić information content (AvgIpc) is 2.14. The van der Waals surface area contributed by atoms with Crippen molar-refractivity contribution in [3.05, 3.63) is 12.7 Å². The standard InChI is InChI=1S/C13H26O2Si/c1-6-13(14)15-10-8-7-9-12(2)11-16(3,4)5/h6,12H,1,7-11H2,2-5H3. The second-order valence-corrected chi connectivity index (χ2v) is 11.3. The Balaban J connectivity index is 3.45. The summed E-state index contributed by atoms with van der Waals surface area (Å²) >= 11 is 0. The fourth-order valence-electron chi connectivity index (χ4n) is 1.97. The van der Waals surface area contributed by atoms with Crippen LogP contribution in [0.2, 0.25) is 25.7 Å². The van der Waals surface area contributed by atoms with E-state index in [4.69, 9.17) is 4.74 Å². The van der Waals surface area contributed by atoms with Crippen LogP contribution in [0.25, 0.3) is 0 Å². The number of carbonyl (C=O) groups excluding carboxylic acids is 1. The summed E-state index contributed by atoms with van der Waals surface area (Å²) in [5.41, 5.74) is 0. The van der Waals surface area contributed by atoms with Gasteiger partial charge in [-0.3, -0.25) is 0 Å². The lowest BCUT2D eigenvalue weighted by Gasteiger charge is -2.21. The summed E-state index contributed by atoms with van der Waals surface area (Å²) in [6.07, 6.45) is 4.58. The summed E-state index contributed by atoms with van der Waals surface area (Å²) in [6.45, 7) is 13.5. The van der Waals surface area contributed by atoms with Crippen molar-refractivity contribution in [1.82, 2.24) is 0 Å². The van der Waals surface area contributed by atoms with E-state index in [1.165, 1.54) is 18.5 Å². The van der Waals surface area contributed by atoms with Gasteiger partial charge in [-0.2, -0.15) is 0 Å². The van der Waals surface area contributed by atoms with Crippen LogP contribution in [0.1, 0.15) is 26.2 Å². The lowest BCUT2D eigenvalue weighted by molar-refractivity contribution is -0.137. The van der Waals surface area contributed by atoms with Crippen LogP contribution in [0.5, 0.6) is 0 Å². The van der Waals surface area contributed by atoms with Crippen LogP contribution in [0.15, 0.2) is 12.7 Å². The molecule has 0 heterocycles. The highest BCUT2D eigenvalue weighted by Crippen LogP contribution is 2.20. The average molecular weight is 242 g/mol. The second kappa shape index (κ2) is 7.66. The van der Waals surface area contributed by atoms with Gasteiger partial charge in [-0.1, -0.05) is 45.6 Å². The summed E-state index contributed by atoms with van der Waals surface area (Å²) in [5, 5.41) is 0. The molecule has 0 aliphatic heterocycles. The van der Waals surface area contributed by atoms with Crippen molar-refractivity contribution < 1.29 is 9.53 Å². The first kappa shape index (κ1) is 15.4. The zero-order valence-corrected chi connectivity index (χ0v) is 12.2. The van der Waals surface area contributed by atoms with Crippen molar-refractivity contribution in [2.24, 2.45) is 5.92 Å². The van der Waals surface area contributed by atoms with Crippen LogP contribution in [-0.4, -0.2) is 20.7 Å². The summed E-state index contributed by atoms with van der Waals surface area (Å²) in [7, 11) is -0.911. The molecule has 0 spiro atoms. The quantitative estimate of drug-likeness (QED) is 0.280. The predicted molar refractivity (Wildman–Crippen MR) is 72.3 cm³/mol. The molecule has 0 N–H and O–H groups in total. The van der Waals surface area contributed by atoms with E-state index >= 15 is 0 Å². The molecule has 1 unspecified atom stereocenters. The fourth-order valence-corrected chi connectivity index (χ4v) is 4.27. The highest BCUT2D eigenvalue weighted by Gasteiger charge is 2.16. The fraction of sp³-hybridized carbons (Fsp3) is 0.769. The highest BCUT2D eigenvalue weighted by molar-refractivity contribution is 6.76. The monoisotopic (exact) mass is 242 g/mol. The third kappa shape index (κ3) is 9.96. The number of hydrogen-bond acceptors (Lipinski definition) is 2. The van der Waals surface area contributed by atoms with Gasteiger partial charge in [0, 0.05) is 14.1 Å². The molecule has 2 nitrogen and oxygen atoms in total. The van der Waals surface area contributed by atoms with E-state index in [1.54, 1.807) is 0 Å². The van der Waals surface area contributed by atoms with Crippen molar-refractivity contribution in [2.75, 3.05) is 6.61 Å². The number of hydrogen-bond donors (Lipinski definition) is 0. The maximum atomic E-state index is 10.8. The van der Waals surface area contributed by atoms with Crippen molar-refractivity contribution in [3.63, 3.8) is 0 Å². The molecule has 94 valence electrons. The van der Waals surface area contributed by atoms with Gasteiger partial charge < -0.3 is 4.74 Å². The molecule has 1 atom stereocenters. The number of esters is 1. The molecular weight excluding hydrogens is 216 g/mol. The first-order valence-electron chi connectivity index (χ1n) is 6.14. The van der Waals surface area contributed by atoms with Crippen LogP contribution < -0.4 is 0 Å². The van der Waals surface area contributed by atoms with Gasteiger partial charge in [-0.25, -0.2) is 4.79 Å². The van der Waals surface area contributed by atoms with Crippen molar-refractivity contribution in [2.45, 2.75) is 51.9 Å². The molecule has 0 radical (unpaired) electrons. The Hall–Kier alpha value is -0.573. The molecule has 0 aliphatic rings. The zero-order chi connectivity index (χ0) is 12.6. The lowest BCUT2D eigenvalue weighted by atomic mass is 10.1. The van der Waals surface area contributed by atoms with Crippen LogP contribution in [0, 0.1) is 5.92 Å². The summed E-state index contributed by atoms with van der Waals surface area (Å²) in [4.78, 5) is 10.8. The van der Waals surface area contributed by atoms with Gasteiger partial charge in [0.1, 0.15) is 0 Å². The Morgan fingerprint density at radius 2 is 2.00 bits per heavy atom. The molecule has 0 amide bonds. The number of carbonyl (C=O) groups is 1. The molecule has 0 aromatic carbocycles. The van der Waals surface area contributed by atoms with Crippen molar-refractivity contribution >= 4 is 14.0 Å². The first-order chi connectivity index (χ1) is 7.35. The van der Waals surface area contributed by atoms with Crippen molar-refractivity contribution in [3.8, 4) is 0 Å².